The molecule has 2 aromatic carbocycles. The quantitative estimate of drug-likeness (QED) is 0.379. The van der Waals surface area contributed by atoms with Crippen LogP contribution >= 0.6 is 23.2 Å². The molecule has 0 unspecified atom stereocenters. The Kier molecular flexibility index (Phi) is 5.05. The minimum Gasteiger partial charge on any atom is -0.356 e. The molecular formula is C22H14Cl2N2O. The van der Waals surface area contributed by atoms with Gasteiger partial charge in [0, 0.05) is 29.6 Å². The Morgan fingerprint density at radius 2 is 1.56 bits per heavy atom. The molecule has 0 saturated heterocycles. The smallest absolute Gasteiger partial charge is 0.167 e. The molecule has 0 aliphatic carbocycles. The van der Waals surface area contributed by atoms with Gasteiger partial charge in [0.25, 0.3) is 0 Å². The third kappa shape index (κ3) is 4.11. The Bertz CT molecular complexity index is 1090. The molecule has 0 fully saturated rings. The van der Waals surface area contributed by atoms with E-state index in [4.69, 9.17) is 27.7 Å². The molecule has 132 valence electrons. The van der Waals surface area contributed by atoms with Crippen molar-refractivity contribution < 1.29 is 4.52 Å². The number of halogens is 2. The number of aromatic nitrogens is 2. The molecule has 0 aliphatic heterocycles. The van der Waals surface area contributed by atoms with Gasteiger partial charge in [0.15, 0.2) is 5.76 Å². The van der Waals surface area contributed by atoms with Crippen molar-refractivity contribution in [1.82, 2.24) is 10.1 Å². The van der Waals surface area contributed by atoms with Crippen molar-refractivity contribution in [3.8, 4) is 22.6 Å². The Morgan fingerprint density at radius 3 is 2.30 bits per heavy atom. The predicted molar refractivity (Wildman–Crippen MR) is 111 cm³/mol. The number of hydrogen-bond donors (Lipinski definition) is 0. The lowest BCUT2D eigenvalue weighted by Crippen LogP contribution is -1.78. The fraction of sp³-hybridized carbons (Fsp3) is 0. The lowest BCUT2D eigenvalue weighted by molar-refractivity contribution is 0.435. The fourth-order valence-corrected chi connectivity index (χ4v) is 2.93. The van der Waals surface area contributed by atoms with E-state index in [2.05, 4.69) is 10.1 Å². The van der Waals surface area contributed by atoms with Crippen molar-refractivity contribution in [2.45, 2.75) is 0 Å². The molecule has 0 atom stereocenters. The van der Waals surface area contributed by atoms with Gasteiger partial charge in [-0.25, -0.2) is 0 Å². The Balaban J connectivity index is 1.53. The summed E-state index contributed by atoms with van der Waals surface area (Å²) in [6.45, 7) is 0. The molecule has 5 heteroatoms. The van der Waals surface area contributed by atoms with E-state index in [0.717, 1.165) is 22.3 Å². The van der Waals surface area contributed by atoms with Crippen LogP contribution in [0.5, 0.6) is 0 Å². The summed E-state index contributed by atoms with van der Waals surface area (Å²) < 4.78 is 5.49. The van der Waals surface area contributed by atoms with Crippen LogP contribution in [0.3, 0.4) is 0 Å². The zero-order valence-electron chi connectivity index (χ0n) is 14.1. The Morgan fingerprint density at radius 1 is 0.778 bits per heavy atom. The van der Waals surface area contributed by atoms with Crippen LogP contribution in [-0.2, 0) is 0 Å². The van der Waals surface area contributed by atoms with Gasteiger partial charge in [-0.3, -0.25) is 4.98 Å². The van der Waals surface area contributed by atoms with Gasteiger partial charge in [-0.05, 0) is 29.3 Å². The van der Waals surface area contributed by atoms with Gasteiger partial charge >= 0.3 is 0 Å². The van der Waals surface area contributed by atoms with Crippen LogP contribution in [-0.4, -0.2) is 10.1 Å². The van der Waals surface area contributed by atoms with E-state index in [1.807, 2.05) is 66.9 Å². The maximum Gasteiger partial charge on any atom is 0.167 e. The third-order valence-electron chi connectivity index (χ3n) is 4.07. The normalized spacial score (nSPS) is 11.2. The Labute approximate surface area is 166 Å². The van der Waals surface area contributed by atoms with Crippen molar-refractivity contribution in [3.63, 3.8) is 0 Å². The summed E-state index contributed by atoms with van der Waals surface area (Å²) in [6.07, 6.45) is 7.65. The average molecular weight is 393 g/mol. The summed E-state index contributed by atoms with van der Waals surface area (Å²) >= 11 is 12.0. The molecule has 2 heterocycles. The minimum absolute atomic E-state index is 0.489. The van der Waals surface area contributed by atoms with Crippen LogP contribution in [0.1, 0.15) is 11.1 Å². The Hall–Kier alpha value is -2.88. The highest BCUT2D eigenvalue weighted by Gasteiger charge is 2.10. The molecule has 0 saturated carbocycles. The van der Waals surface area contributed by atoms with E-state index in [1.54, 1.807) is 18.3 Å². The minimum atomic E-state index is 0.489. The van der Waals surface area contributed by atoms with E-state index >= 15 is 0 Å². The van der Waals surface area contributed by atoms with Crippen LogP contribution in [0.2, 0.25) is 10.0 Å². The zero-order chi connectivity index (χ0) is 18.6. The number of pyridine rings is 1. The van der Waals surface area contributed by atoms with E-state index in [0.29, 0.717) is 21.5 Å². The SMILES string of the molecule is Clc1ccc(-c2cc(-c3ccc(C=Cc4cccnc4)cc3)on2)cc1Cl. The van der Waals surface area contributed by atoms with E-state index in [-0.39, 0.29) is 0 Å². The summed E-state index contributed by atoms with van der Waals surface area (Å²) in [6, 6.07) is 19.3. The molecule has 27 heavy (non-hydrogen) atoms. The molecule has 2 aromatic heterocycles. The highest BCUT2D eigenvalue weighted by molar-refractivity contribution is 6.42. The second kappa shape index (κ2) is 7.78. The van der Waals surface area contributed by atoms with Crippen LogP contribution < -0.4 is 0 Å². The van der Waals surface area contributed by atoms with Gasteiger partial charge in [-0.1, -0.05) is 76.9 Å². The molecule has 0 aliphatic rings. The zero-order valence-corrected chi connectivity index (χ0v) is 15.7. The van der Waals surface area contributed by atoms with Gasteiger partial charge in [0.1, 0.15) is 5.69 Å². The maximum absolute atomic E-state index is 6.08. The molecule has 0 radical (unpaired) electrons. The first-order valence-electron chi connectivity index (χ1n) is 8.30. The second-order valence-corrected chi connectivity index (χ2v) is 6.76. The number of nitrogens with zero attached hydrogens (tertiary/aromatic N) is 2. The van der Waals surface area contributed by atoms with E-state index < -0.39 is 0 Å². The molecule has 4 aromatic rings. The summed E-state index contributed by atoms with van der Waals surface area (Å²) in [5, 5.41) is 5.14. The van der Waals surface area contributed by atoms with Crippen molar-refractivity contribution in [3.05, 3.63) is 94.2 Å². The van der Waals surface area contributed by atoms with Crippen molar-refractivity contribution >= 4 is 35.4 Å². The molecular weight excluding hydrogens is 379 g/mol. The van der Waals surface area contributed by atoms with E-state index in [9.17, 15) is 0 Å². The fourth-order valence-electron chi connectivity index (χ4n) is 2.63. The summed E-state index contributed by atoms with van der Waals surface area (Å²) in [4.78, 5) is 4.10. The van der Waals surface area contributed by atoms with Crippen LogP contribution in [0, 0.1) is 0 Å². The molecule has 3 nitrogen and oxygen atoms in total. The monoisotopic (exact) mass is 392 g/mol. The lowest BCUT2D eigenvalue weighted by Gasteiger charge is -1.98. The lowest BCUT2D eigenvalue weighted by atomic mass is 10.1. The molecule has 0 bridgehead atoms. The highest BCUT2D eigenvalue weighted by atomic mass is 35.5. The topological polar surface area (TPSA) is 38.9 Å². The van der Waals surface area contributed by atoms with Gasteiger partial charge in [0.05, 0.1) is 10.0 Å². The van der Waals surface area contributed by atoms with Crippen LogP contribution in [0.25, 0.3) is 34.7 Å². The largest absolute Gasteiger partial charge is 0.356 e. The number of rotatable bonds is 4. The molecule has 0 spiro atoms. The molecule has 0 amide bonds. The maximum atomic E-state index is 6.08. The van der Waals surface area contributed by atoms with E-state index in [1.165, 1.54) is 0 Å². The second-order valence-electron chi connectivity index (χ2n) is 5.95. The molecule has 0 N–H and O–H groups in total. The first-order valence-corrected chi connectivity index (χ1v) is 9.05. The highest BCUT2D eigenvalue weighted by Crippen LogP contribution is 2.30. The predicted octanol–water partition coefficient (Wildman–Crippen LogP) is 6.88. The van der Waals surface area contributed by atoms with Crippen LogP contribution in [0.15, 0.2) is 77.6 Å². The van der Waals surface area contributed by atoms with Crippen molar-refractivity contribution in [2.75, 3.05) is 0 Å². The van der Waals surface area contributed by atoms with Gasteiger partial charge < -0.3 is 4.52 Å². The summed E-state index contributed by atoms with van der Waals surface area (Å²) in [5.74, 6) is 0.693. The first-order chi connectivity index (χ1) is 13.2. The summed E-state index contributed by atoms with van der Waals surface area (Å²) in [7, 11) is 0. The van der Waals surface area contributed by atoms with Gasteiger partial charge in [-0.2, -0.15) is 0 Å². The van der Waals surface area contributed by atoms with Crippen molar-refractivity contribution in [1.29, 1.82) is 0 Å². The molecule has 4 rings (SSSR count). The van der Waals surface area contributed by atoms with Crippen molar-refractivity contribution in [2.24, 2.45) is 0 Å². The summed E-state index contributed by atoms with van der Waals surface area (Å²) in [5.41, 5.74) is 4.67. The average Bonchev–Trinajstić information content (AvgIpc) is 3.20. The van der Waals surface area contributed by atoms with Crippen LogP contribution in [0.4, 0.5) is 0 Å². The first kappa shape index (κ1) is 17.5. The number of benzene rings is 2. The third-order valence-corrected chi connectivity index (χ3v) is 4.81. The van der Waals surface area contributed by atoms with Gasteiger partial charge in [0.2, 0.25) is 0 Å². The van der Waals surface area contributed by atoms with Gasteiger partial charge in [-0.15, -0.1) is 0 Å². The number of hydrogen-bond acceptors (Lipinski definition) is 3. The standard InChI is InChI=1S/C22H14Cl2N2O/c23-19-10-9-18(12-20(19)24)21-13-22(27-26-21)17-7-5-15(6-8-17)3-4-16-2-1-11-25-14-16/h1-14H.